The molecule has 0 bridgehead atoms. The average Bonchev–Trinajstić information content (AvgIpc) is 2.80. The lowest BCUT2D eigenvalue weighted by molar-refractivity contribution is -0.178. The number of aliphatic carboxylic acids is 1. The Hall–Kier alpha value is -1.88. The SMILES string of the molecule is CCC1(C)CC(OC(=O)CCCCCCCC(=O)O)C(C)C(C)(CC)N1Cc1ccccc1. The fraction of sp³-hybridized carbons (Fsp3) is 0.714. The molecule has 1 N–H and O–H groups in total. The minimum Gasteiger partial charge on any atom is -0.481 e. The molecule has 0 aliphatic carbocycles. The largest absolute Gasteiger partial charge is 0.481 e. The van der Waals surface area contributed by atoms with Gasteiger partial charge in [-0.05, 0) is 45.1 Å². The minimum absolute atomic E-state index is 0.0395. The summed E-state index contributed by atoms with van der Waals surface area (Å²) in [5.41, 5.74) is 1.22. The van der Waals surface area contributed by atoms with E-state index in [4.69, 9.17) is 9.84 Å². The second-order valence-corrected chi connectivity index (χ2v) is 10.3. The van der Waals surface area contributed by atoms with Crippen molar-refractivity contribution in [1.29, 1.82) is 0 Å². The van der Waals surface area contributed by atoms with Crippen LogP contribution in [0.5, 0.6) is 0 Å². The zero-order valence-electron chi connectivity index (χ0n) is 21.4. The molecule has 1 aliphatic heterocycles. The van der Waals surface area contributed by atoms with Crippen molar-refractivity contribution in [1.82, 2.24) is 4.90 Å². The van der Waals surface area contributed by atoms with E-state index in [1.165, 1.54) is 5.56 Å². The first-order chi connectivity index (χ1) is 15.7. The number of carbonyl (C=O) groups excluding carboxylic acids is 1. The highest BCUT2D eigenvalue weighted by Crippen LogP contribution is 2.47. The van der Waals surface area contributed by atoms with Gasteiger partial charge in [-0.15, -0.1) is 0 Å². The van der Waals surface area contributed by atoms with Crippen LogP contribution in [0.2, 0.25) is 0 Å². The van der Waals surface area contributed by atoms with Gasteiger partial charge >= 0.3 is 11.9 Å². The number of ether oxygens (including phenoxy) is 1. The molecule has 2 rings (SSSR count). The molecular weight excluding hydrogens is 414 g/mol. The third-order valence-corrected chi connectivity index (χ3v) is 8.16. The van der Waals surface area contributed by atoms with Crippen LogP contribution in [0.1, 0.15) is 104 Å². The van der Waals surface area contributed by atoms with Crippen molar-refractivity contribution in [3.63, 3.8) is 0 Å². The van der Waals surface area contributed by atoms with Crippen LogP contribution in [-0.2, 0) is 20.9 Å². The zero-order valence-corrected chi connectivity index (χ0v) is 21.4. The van der Waals surface area contributed by atoms with Gasteiger partial charge in [0.25, 0.3) is 0 Å². The Bertz CT molecular complexity index is 752. The molecule has 1 heterocycles. The number of esters is 1. The summed E-state index contributed by atoms with van der Waals surface area (Å²) < 4.78 is 6.11. The summed E-state index contributed by atoms with van der Waals surface area (Å²) in [5, 5.41) is 8.70. The first-order valence-corrected chi connectivity index (χ1v) is 12.9. The van der Waals surface area contributed by atoms with E-state index in [2.05, 4.69) is 69.9 Å². The number of benzene rings is 1. The lowest BCUT2D eigenvalue weighted by Gasteiger charge is -2.60. The quantitative estimate of drug-likeness (QED) is 0.266. The molecule has 1 aliphatic rings. The van der Waals surface area contributed by atoms with E-state index >= 15 is 0 Å². The minimum atomic E-state index is -0.735. The maximum atomic E-state index is 12.7. The number of hydrogen-bond acceptors (Lipinski definition) is 4. The molecule has 33 heavy (non-hydrogen) atoms. The van der Waals surface area contributed by atoms with Gasteiger partial charge in [0.2, 0.25) is 0 Å². The van der Waals surface area contributed by atoms with Gasteiger partial charge in [-0.2, -0.15) is 0 Å². The number of piperidine rings is 1. The van der Waals surface area contributed by atoms with E-state index in [-0.39, 0.29) is 35.5 Å². The Morgan fingerprint density at radius 1 is 1.00 bits per heavy atom. The molecule has 0 amide bonds. The van der Waals surface area contributed by atoms with Crippen LogP contribution < -0.4 is 0 Å². The number of carboxylic acid groups (broad SMARTS) is 1. The molecular formula is C28H45NO4. The highest BCUT2D eigenvalue weighted by molar-refractivity contribution is 5.69. The van der Waals surface area contributed by atoms with Crippen molar-refractivity contribution >= 4 is 11.9 Å². The summed E-state index contributed by atoms with van der Waals surface area (Å²) in [6.07, 6.45) is 7.80. The summed E-state index contributed by atoms with van der Waals surface area (Å²) in [5.74, 6) is -0.586. The van der Waals surface area contributed by atoms with Crippen molar-refractivity contribution in [2.24, 2.45) is 5.92 Å². The van der Waals surface area contributed by atoms with E-state index in [1.807, 2.05) is 0 Å². The molecule has 0 spiro atoms. The Kier molecular flexibility index (Phi) is 10.4. The number of hydrogen-bond donors (Lipinski definition) is 1. The highest BCUT2D eigenvalue weighted by Gasteiger charge is 2.53. The fourth-order valence-corrected chi connectivity index (χ4v) is 5.42. The van der Waals surface area contributed by atoms with Gasteiger partial charge in [-0.25, -0.2) is 0 Å². The number of likely N-dealkylation sites (tertiary alicyclic amines) is 1. The predicted octanol–water partition coefficient (Wildman–Crippen LogP) is 6.59. The van der Waals surface area contributed by atoms with Crippen molar-refractivity contribution in [3.05, 3.63) is 35.9 Å². The number of rotatable bonds is 13. The molecule has 5 heteroatoms. The van der Waals surface area contributed by atoms with Crippen LogP contribution in [0.25, 0.3) is 0 Å². The fourth-order valence-electron chi connectivity index (χ4n) is 5.42. The summed E-state index contributed by atoms with van der Waals surface area (Å²) in [7, 11) is 0. The Morgan fingerprint density at radius 3 is 2.18 bits per heavy atom. The van der Waals surface area contributed by atoms with Gasteiger partial charge in [-0.3, -0.25) is 14.5 Å². The number of carbonyl (C=O) groups is 2. The van der Waals surface area contributed by atoms with Crippen molar-refractivity contribution in [2.45, 2.75) is 123 Å². The van der Waals surface area contributed by atoms with E-state index in [9.17, 15) is 9.59 Å². The maximum Gasteiger partial charge on any atom is 0.306 e. The Balaban J connectivity index is 1.98. The van der Waals surface area contributed by atoms with Crippen molar-refractivity contribution in [3.8, 4) is 0 Å². The molecule has 186 valence electrons. The lowest BCUT2D eigenvalue weighted by atomic mass is 9.67. The molecule has 4 atom stereocenters. The molecule has 0 aromatic heterocycles. The third kappa shape index (κ3) is 7.30. The molecule has 1 aromatic rings. The first-order valence-electron chi connectivity index (χ1n) is 12.9. The summed E-state index contributed by atoms with van der Waals surface area (Å²) >= 11 is 0. The van der Waals surface area contributed by atoms with E-state index in [0.717, 1.165) is 51.5 Å². The van der Waals surface area contributed by atoms with Gasteiger partial charge < -0.3 is 9.84 Å². The molecule has 5 nitrogen and oxygen atoms in total. The molecule has 1 fully saturated rings. The molecule has 1 saturated heterocycles. The second-order valence-electron chi connectivity index (χ2n) is 10.3. The highest BCUT2D eigenvalue weighted by atomic mass is 16.5. The molecule has 4 unspecified atom stereocenters. The maximum absolute atomic E-state index is 12.7. The van der Waals surface area contributed by atoms with Gasteiger partial charge in [-0.1, -0.05) is 70.4 Å². The lowest BCUT2D eigenvalue weighted by Crippen LogP contribution is -2.67. The van der Waals surface area contributed by atoms with Crippen LogP contribution in [0.4, 0.5) is 0 Å². The van der Waals surface area contributed by atoms with E-state index in [0.29, 0.717) is 12.8 Å². The van der Waals surface area contributed by atoms with Crippen LogP contribution in [0.3, 0.4) is 0 Å². The van der Waals surface area contributed by atoms with E-state index in [1.54, 1.807) is 0 Å². The summed E-state index contributed by atoms with van der Waals surface area (Å²) in [6, 6.07) is 10.7. The standard InChI is InChI=1S/C28H45NO4/c1-6-27(4)20-24(33-26(32)19-15-10-8-9-14-18-25(30)31)22(3)28(5,7-2)29(27)21-23-16-12-11-13-17-23/h11-13,16-17,22,24H,6-10,14-15,18-21H2,1-5H3,(H,30,31). The van der Waals surface area contributed by atoms with Gasteiger partial charge in [0.15, 0.2) is 0 Å². The van der Waals surface area contributed by atoms with Crippen molar-refractivity contribution < 1.29 is 19.4 Å². The molecule has 1 aromatic carbocycles. The topological polar surface area (TPSA) is 66.8 Å². The number of unbranched alkanes of at least 4 members (excludes halogenated alkanes) is 4. The van der Waals surface area contributed by atoms with Crippen molar-refractivity contribution in [2.75, 3.05) is 0 Å². The summed E-state index contributed by atoms with van der Waals surface area (Å²) in [6.45, 7) is 12.3. The Labute approximate surface area is 200 Å². The monoisotopic (exact) mass is 459 g/mol. The predicted molar refractivity (Wildman–Crippen MR) is 133 cm³/mol. The normalized spacial score (nSPS) is 27.9. The zero-order chi connectivity index (χ0) is 24.5. The first kappa shape index (κ1) is 27.4. The molecule has 0 saturated carbocycles. The number of carboxylic acids is 1. The van der Waals surface area contributed by atoms with Crippen LogP contribution in [-0.4, -0.2) is 39.1 Å². The summed E-state index contributed by atoms with van der Waals surface area (Å²) in [4.78, 5) is 25.9. The van der Waals surface area contributed by atoms with E-state index < -0.39 is 5.97 Å². The molecule has 0 radical (unpaired) electrons. The second kappa shape index (κ2) is 12.5. The van der Waals surface area contributed by atoms with Crippen LogP contribution >= 0.6 is 0 Å². The third-order valence-electron chi connectivity index (χ3n) is 8.16. The van der Waals surface area contributed by atoms with Crippen LogP contribution in [0.15, 0.2) is 30.3 Å². The van der Waals surface area contributed by atoms with Gasteiger partial charge in [0.1, 0.15) is 6.10 Å². The average molecular weight is 460 g/mol. The van der Waals surface area contributed by atoms with Gasteiger partial charge in [0, 0.05) is 42.8 Å². The van der Waals surface area contributed by atoms with Gasteiger partial charge in [0.05, 0.1) is 0 Å². The Morgan fingerprint density at radius 2 is 1.61 bits per heavy atom. The number of nitrogens with zero attached hydrogens (tertiary/aromatic N) is 1. The smallest absolute Gasteiger partial charge is 0.306 e. The van der Waals surface area contributed by atoms with Crippen LogP contribution in [0, 0.1) is 5.92 Å².